The summed E-state index contributed by atoms with van der Waals surface area (Å²) >= 11 is 0. The molecule has 8 aliphatic rings. The fourth-order valence-corrected chi connectivity index (χ4v) is 14.3. The van der Waals surface area contributed by atoms with Crippen LogP contribution in [0, 0.1) is 44.8 Å². The van der Waals surface area contributed by atoms with Crippen molar-refractivity contribution in [3.05, 3.63) is 23.8 Å². The van der Waals surface area contributed by atoms with Gasteiger partial charge in [0.05, 0.1) is 31.3 Å². The van der Waals surface area contributed by atoms with Crippen molar-refractivity contribution in [1.29, 1.82) is 0 Å². The van der Waals surface area contributed by atoms with Gasteiger partial charge in [-0.2, -0.15) is 0 Å². The molecule has 4 saturated carbocycles. The number of aliphatic hydroxyl groups excluding tert-OH is 10. The zero-order valence-corrected chi connectivity index (χ0v) is 37.2. The Morgan fingerprint density at radius 1 is 0.730 bits per heavy atom. The Morgan fingerprint density at radius 2 is 1.37 bits per heavy atom. The summed E-state index contributed by atoms with van der Waals surface area (Å²) in [4.78, 5) is 14.5. The van der Waals surface area contributed by atoms with Gasteiger partial charge in [-0.25, -0.2) is 0 Å². The van der Waals surface area contributed by atoms with Crippen LogP contribution in [0.5, 0.6) is 0 Å². The number of hydrogen-bond donors (Lipinski definition) is 10. The number of aliphatic hydroxyl groups is 10. The number of carbonyl (C=O) groups excluding carboxylic acids is 1. The predicted octanol–water partition coefficient (Wildman–Crippen LogP) is 0.310. The highest BCUT2D eigenvalue weighted by molar-refractivity contribution is 5.79. The van der Waals surface area contributed by atoms with Gasteiger partial charge in [0.25, 0.3) is 0 Å². The molecule has 22 atom stereocenters. The van der Waals surface area contributed by atoms with Gasteiger partial charge < -0.3 is 79.5 Å². The molecule has 63 heavy (non-hydrogen) atoms. The van der Waals surface area contributed by atoms with Crippen molar-refractivity contribution in [2.24, 2.45) is 44.8 Å². The number of allylic oxidation sites excluding steroid dienone is 3. The maximum Gasteiger partial charge on any atom is 0.315 e. The fraction of sp³-hybridized carbons (Fsp3) is 0.891. The average Bonchev–Trinajstić information content (AvgIpc) is 3.24. The lowest BCUT2D eigenvalue weighted by molar-refractivity contribution is -0.357. The van der Waals surface area contributed by atoms with Gasteiger partial charge >= 0.3 is 5.97 Å². The van der Waals surface area contributed by atoms with Crippen LogP contribution in [0.4, 0.5) is 0 Å². The van der Waals surface area contributed by atoms with E-state index in [4.69, 9.17) is 28.4 Å². The minimum Gasteiger partial charge on any atom is -0.432 e. The summed E-state index contributed by atoms with van der Waals surface area (Å²) in [6, 6.07) is 0. The van der Waals surface area contributed by atoms with Gasteiger partial charge in [-0.3, -0.25) is 4.79 Å². The van der Waals surface area contributed by atoms with Crippen LogP contribution < -0.4 is 0 Å². The Hall–Kier alpha value is -1.65. The standard InChI is InChI=1S/C46H72O17/c1-21-9-14-46(41(57)63-40-35(55)33(53)31(51)26(19-48)60-40)16-15-44(5)22(23(46)17-21)7-8-28-43(4)12-11-29(42(2,3)27(43)10-13-45(28,44)6)61-38-36(56)37(24(49)20-58-38)62-39-34(54)32(52)30(50)25(18-47)59-39/h7,23-40,47-56H,1,8-20H2,2-6H3/t23-,24-,25+,26+,27?,28+,29-,30-,31+,32-,33-,34+,35+,36+,37-,38-,39-,40-,43-,44+,45+,46-/m0/s1. The normalized spacial score (nSPS) is 53.3. The Morgan fingerprint density at radius 3 is 2.02 bits per heavy atom. The van der Waals surface area contributed by atoms with Gasteiger partial charge in [-0.15, -0.1) is 0 Å². The molecule has 7 fully saturated rings. The third-order valence-corrected chi connectivity index (χ3v) is 18.3. The summed E-state index contributed by atoms with van der Waals surface area (Å²) in [5.41, 5.74) is 0.530. The Balaban J connectivity index is 0.996. The molecule has 10 N–H and O–H groups in total. The first kappa shape index (κ1) is 47.8. The van der Waals surface area contributed by atoms with Gasteiger partial charge in [0.15, 0.2) is 12.6 Å². The maximum absolute atomic E-state index is 14.5. The zero-order valence-electron chi connectivity index (χ0n) is 37.2. The Kier molecular flexibility index (Phi) is 13.0. The number of rotatable bonds is 8. The molecule has 8 rings (SSSR count). The lowest BCUT2D eigenvalue weighted by atomic mass is 9.34. The highest BCUT2D eigenvalue weighted by atomic mass is 16.7. The molecule has 0 amide bonds. The second-order valence-corrected chi connectivity index (χ2v) is 21.6. The molecule has 0 radical (unpaired) electrons. The van der Waals surface area contributed by atoms with Crippen molar-refractivity contribution < 1.29 is 84.3 Å². The van der Waals surface area contributed by atoms with E-state index in [2.05, 4.69) is 47.3 Å². The summed E-state index contributed by atoms with van der Waals surface area (Å²) < 4.78 is 35.4. The van der Waals surface area contributed by atoms with E-state index in [1.165, 1.54) is 5.57 Å². The first-order valence-corrected chi connectivity index (χ1v) is 23.1. The van der Waals surface area contributed by atoms with E-state index in [1.54, 1.807) is 0 Å². The minimum atomic E-state index is -1.72. The minimum absolute atomic E-state index is 0.106. The van der Waals surface area contributed by atoms with Gasteiger partial charge in [-0.05, 0) is 97.7 Å². The molecule has 17 nitrogen and oxygen atoms in total. The van der Waals surface area contributed by atoms with Crippen molar-refractivity contribution in [3.8, 4) is 0 Å². The van der Waals surface area contributed by atoms with Crippen molar-refractivity contribution in [1.82, 2.24) is 0 Å². The van der Waals surface area contributed by atoms with Crippen LogP contribution in [0.15, 0.2) is 23.8 Å². The second-order valence-electron chi connectivity index (χ2n) is 21.6. The molecular formula is C46H72O17. The molecule has 358 valence electrons. The van der Waals surface area contributed by atoms with Crippen LogP contribution >= 0.6 is 0 Å². The number of fused-ring (bicyclic) bond motifs is 7. The molecule has 3 saturated heterocycles. The molecule has 17 heteroatoms. The summed E-state index contributed by atoms with van der Waals surface area (Å²) in [6.45, 7) is 14.5. The van der Waals surface area contributed by atoms with Gasteiger partial charge in [0.2, 0.25) is 6.29 Å². The van der Waals surface area contributed by atoms with E-state index >= 15 is 0 Å². The number of carbonyl (C=O) groups is 1. The van der Waals surface area contributed by atoms with Crippen molar-refractivity contribution in [2.45, 2.75) is 191 Å². The third-order valence-electron chi connectivity index (χ3n) is 18.3. The van der Waals surface area contributed by atoms with E-state index in [-0.39, 0.29) is 46.2 Å². The molecule has 3 heterocycles. The fourth-order valence-electron chi connectivity index (χ4n) is 14.3. The molecule has 0 spiro atoms. The highest BCUT2D eigenvalue weighted by Gasteiger charge is 2.69. The second kappa shape index (κ2) is 17.1. The van der Waals surface area contributed by atoms with Crippen molar-refractivity contribution in [3.63, 3.8) is 0 Å². The number of ether oxygens (including phenoxy) is 6. The van der Waals surface area contributed by atoms with Crippen molar-refractivity contribution >= 4 is 5.97 Å². The number of hydrogen-bond acceptors (Lipinski definition) is 17. The molecule has 0 bridgehead atoms. The van der Waals surface area contributed by atoms with E-state index in [0.29, 0.717) is 38.0 Å². The maximum atomic E-state index is 14.5. The summed E-state index contributed by atoms with van der Waals surface area (Å²) in [7, 11) is 0. The molecule has 5 aliphatic carbocycles. The average molecular weight is 897 g/mol. The summed E-state index contributed by atoms with van der Waals surface area (Å²) in [6.07, 6.45) is -11.5. The van der Waals surface area contributed by atoms with Gasteiger partial charge in [0, 0.05) is 5.92 Å². The van der Waals surface area contributed by atoms with E-state index in [1.807, 2.05) is 0 Å². The Bertz CT molecular complexity index is 1740. The van der Waals surface area contributed by atoms with Gasteiger partial charge in [-0.1, -0.05) is 58.4 Å². The molecule has 0 aromatic heterocycles. The summed E-state index contributed by atoms with van der Waals surface area (Å²) in [5, 5.41) is 104. The first-order valence-electron chi connectivity index (χ1n) is 23.1. The van der Waals surface area contributed by atoms with Crippen LogP contribution in [-0.4, -0.2) is 169 Å². The highest BCUT2D eigenvalue weighted by Crippen LogP contribution is 2.75. The summed E-state index contributed by atoms with van der Waals surface area (Å²) in [5.74, 6) is -0.184. The van der Waals surface area contributed by atoms with Crippen LogP contribution in [0.2, 0.25) is 0 Å². The van der Waals surface area contributed by atoms with Crippen LogP contribution in [0.25, 0.3) is 0 Å². The van der Waals surface area contributed by atoms with Crippen LogP contribution in [-0.2, 0) is 33.2 Å². The predicted molar refractivity (Wildman–Crippen MR) is 220 cm³/mol. The monoisotopic (exact) mass is 896 g/mol. The lowest BCUT2D eigenvalue weighted by Gasteiger charge is -2.71. The SMILES string of the molecule is C=C1CC[C@]2(C(=O)O[C@@H]3O[C@H](CO)[C@@H](O)[C@H](O)[C@H]3O)CC[C@]3(C)C(=CC[C@@H]4[C@@]5(C)CC[C@H](O[C@@H]6OC[C@H](O)[C@H](O[C@@H]7O[C@H](CO)[C@H](O)[C@H](O)[C@H]7O)[C@H]6O)C(C)(C)C5CC[C@]43C)[C@@H]2C1. The topological polar surface area (TPSA) is 275 Å². The lowest BCUT2D eigenvalue weighted by Crippen LogP contribution is -2.66. The van der Waals surface area contributed by atoms with Crippen molar-refractivity contribution in [2.75, 3.05) is 19.8 Å². The smallest absolute Gasteiger partial charge is 0.315 e. The molecule has 0 aromatic rings. The van der Waals surface area contributed by atoms with Crippen LogP contribution in [0.3, 0.4) is 0 Å². The molecule has 3 aliphatic heterocycles. The third kappa shape index (κ3) is 7.43. The van der Waals surface area contributed by atoms with E-state index < -0.39 is 111 Å². The van der Waals surface area contributed by atoms with Gasteiger partial charge in [0.1, 0.15) is 67.1 Å². The molecular weight excluding hydrogens is 824 g/mol. The molecule has 0 aromatic carbocycles. The quantitative estimate of drug-likeness (QED) is 0.0892. The number of esters is 1. The zero-order chi connectivity index (χ0) is 45.8. The van der Waals surface area contributed by atoms with E-state index in [0.717, 1.165) is 37.7 Å². The Labute approximate surface area is 369 Å². The largest absolute Gasteiger partial charge is 0.432 e. The van der Waals surface area contributed by atoms with E-state index in [9.17, 15) is 55.9 Å². The van der Waals surface area contributed by atoms with Crippen LogP contribution in [0.1, 0.15) is 98.8 Å². The molecule has 1 unspecified atom stereocenters. The first-order chi connectivity index (χ1) is 29.6.